The van der Waals surface area contributed by atoms with Crippen LogP contribution < -0.4 is 10.6 Å². The van der Waals surface area contributed by atoms with E-state index >= 15 is 0 Å². The molecule has 0 bridgehead atoms. The Bertz CT molecular complexity index is 1230. The summed E-state index contributed by atoms with van der Waals surface area (Å²) >= 11 is 0. The lowest BCUT2D eigenvalue weighted by Crippen LogP contribution is -2.52. The SMILES string of the molecule is CCCC[C@H](O[C@@H](Cc1ccccc1)C(=O)N1CCC(OCOC)CC1)C(=O)N[C@@H](CC1CCCCC1)[C@@H](O)C[C@H](C(=O)NCCN1CCOCC1)C(C)C. The monoisotopic (exact) mass is 773 g/mol. The van der Waals surface area contributed by atoms with Crippen molar-refractivity contribution in [2.75, 3.05) is 66.4 Å². The van der Waals surface area contributed by atoms with Crippen LogP contribution in [-0.2, 0) is 39.8 Å². The highest BCUT2D eigenvalue weighted by Gasteiger charge is 2.36. The summed E-state index contributed by atoms with van der Waals surface area (Å²) < 4.78 is 22.9. The number of ether oxygens (including phenoxy) is 4. The molecule has 0 spiro atoms. The normalized spacial score (nSPS) is 20.4. The molecule has 2 heterocycles. The molecular weight excluding hydrogens is 700 g/mol. The summed E-state index contributed by atoms with van der Waals surface area (Å²) in [7, 11) is 1.60. The number of piperidine rings is 1. The Morgan fingerprint density at radius 1 is 0.945 bits per heavy atom. The second kappa shape index (κ2) is 24.9. The first kappa shape index (κ1) is 45.1. The molecule has 2 aliphatic heterocycles. The Hall–Kier alpha value is -2.61. The minimum atomic E-state index is -0.918. The topological polar surface area (TPSA) is 139 Å². The van der Waals surface area contributed by atoms with Gasteiger partial charge in [-0.25, -0.2) is 0 Å². The van der Waals surface area contributed by atoms with E-state index in [1.54, 1.807) is 7.11 Å². The molecule has 5 atom stereocenters. The molecule has 3 aliphatic rings. The molecule has 312 valence electrons. The molecular formula is C43H72N4O8. The van der Waals surface area contributed by atoms with Gasteiger partial charge in [0.05, 0.1) is 31.5 Å². The number of hydrogen-bond acceptors (Lipinski definition) is 9. The number of benzene rings is 1. The van der Waals surface area contributed by atoms with E-state index in [1.807, 2.05) is 49.1 Å². The van der Waals surface area contributed by atoms with Crippen LogP contribution in [0.3, 0.4) is 0 Å². The second-order valence-corrected chi connectivity index (χ2v) is 16.3. The second-order valence-electron chi connectivity index (χ2n) is 16.3. The maximum atomic E-state index is 14.4. The van der Waals surface area contributed by atoms with Gasteiger partial charge in [-0.05, 0) is 49.5 Å². The predicted molar refractivity (Wildman–Crippen MR) is 213 cm³/mol. The summed E-state index contributed by atoms with van der Waals surface area (Å²) in [6, 6.07) is 9.26. The number of carbonyl (C=O) groups is 3. The molecule has 0 unspecified atom stereocenters. The third-order valence-corrected chi connectivity index (χ3v) is 11.7. The number of amides is 3. The van der Waals surface area contributed by atoms with Crippen LogP contribution in [0.1, 0.15) is 103 Å². The van der Waals surface area contributed by atoms with E-state index in [4.69, 9.17) is 18.9 Å². The van der Waals surface area contributed by atoms with Gasteiger partial charge >= 0.3 is 0 Å². The van der Waals surface area contributed by atoms with Gasteiger partial charge in [0.1, 0.15) is 19.0 Å². The number of unbranched alkanes of at least 4 members (excludes halogenated alkanes) is 1. The van der Waals surface area contributed by atoms with Gasteiger partial charge in [0.25, 0.3) is 5.91 Å². The highest BCUT2D eigenvalue weighted by molar-refractivity contribution is 5.84. The van der Waals surface area contributed by atoms with Crippen LogP contribution in [0, 0.1) is 17.8 Å². The molecule has 1 aliphatic carbocycles. The molecule has 3 N–H and O–H groups in total. The predicted octanol–water partition coefficient (Wildman–Crippen LogP) is 4.71. The maximum absolute atomic E-state index is 14.4. The number of nitrogens with zero attached hydrogens (tertiary/aromatic N) is 2. The van der Waals surface area contributed by atoms with E-state index in [0.717, 1.165) is 63.7 Å². The fraction of sp³-hybridized carbons (Fsp3) is 0.791. The average Bonchev–Trinajstić information content (AvgIpc) is 3.20. The van der Waals surface area contributed by atoms with Crippen LogP contribution in [0.2, 0.25) is 0 Å². The van der Waals surface area contributed by atoms with Gasteiger partial charge < -0.3 is 39.6 Å². The number of carbonyl (C=O) groups excluding carboxylic acids is 3. The molecule has 12 nitrogen and oxygen atoms in total. The third-order valence-electron chi connectivity index (χ3n) is 11.7. The number of morpholine rings is 1. The van der Waals surface area contributed by atoms with Gasteiger partial charge in [-0.2, -0.15) is 0 Å². The summed E-state index contributed by atoms with van der Waals surface area (Å²) in [5.41, 5.74) is 0.961. The minimum Gasteiger partial charge on any atom is -0.391 e. The number of aliphatic hydroxyl groups is 1. The molecule has 0 aromatic heterocycles. The third kappa shape index (κ3) is 15.7. The first-order valence-corrected chi connectivity index (χ1v) is 21.3. The van der Waals surface area contributed by atoms with Crippen molar-refractivity contribution < 1.29 is 38.4 Å². The molecule has 0 radical (unpaired) electrons. The molecule has 12 heteroatoms. The van der Waals surface area contributed by atoms with Crippen LogP contribution in [0.15, 0.2) is 30.3 Å². The van der Waals surface area contributed by atoms with E-state index < -0.39 is 30.3 Å². The standard InChI is InChI=1S/C43H72N4O8/c1-5-6-17-39(55-40(29-34-15-11-8-12-16-34)43(51)47-21-18-35(19-22-47)54-31-52-4)42(50)45-37(28-33-13-9-7-10-14-33)38(48)30-36(32(2)3)41(49)44-20-23-46-24-26-53-27-25-46/h8,11-12,15-16,32-33,35-40,48H,5-7,9-10,13-14,17-31H2,1-4H3,(H,44,49)(H,45,50)/t36-,37-,38-,39-,40-/m0/s1. The lowest BCUT2D eigenvalue weighted by Gasteiger charge is -2.36. The molecule has 1 saturated carbocycles. The largest absolute Gasteiger partial charge is 0.391 e. The van der Waals surface area contributed by atoms with Crippen LogP contribution >= 0.6 is 0 Å². The Labute approximate surface area is 330 Å². The summed E-state index contributed by atoms with van der Waals surface area (Å²) in [5.74, 6) is -0.512. The fourth-order valence-corrected chi connectivity index (χ4v) is 8.25. The van der Waals surface area contributed by atoms with Crippen molar-refractivity contribution in [1.82, 2.24) is 20.4 Å². The van der Waals surface area contributed by atoms with Crippen molar-refractivity contribution in [3.05, 3.63) is 35.9 Å². The minimum absolute atomic E-state index is 0.00562. The zero-order valence-electron chi connectivity index (χ0n) is 34.3. The van der Waals surface area contributed by atoms with E-state index in [0.29, 0.717) is 70.9 Å². The Morgan fingerprint density at radius 2 is 1.65 bits per heavy atom. The van der Waals surface area contributed by atoms with Crippen molar-refractivity contribution in [3.63, 3.8) is 0 Å². The summed E-state index contributed by atoms with van der Waals surface area (Å²) in [6.45, 7) is 11.9. The van der Waals surface area contributed by atoms with Gasteiger partial charge in [0.2, 0.25) is 11.8 Å². The first-order valence-electron chi connectivity index (χ1n) is 21.3. The zero-order valence-corrected chi connectivity index (χ0v) is 34.3. The summed E-state index contributed by atoms with van der Waals surface area (Å²) in [6.07, 6.45) is 7.73. The number of likely N-dealkylation sites (tertiary alicyclic amines) is 1. The molecule has 3 fully saturated rings. The summed E-state index contributed by atoms with van der Waals surface area (Å²) in [4.78, 5) is 46.2. The number of aliphatic hydroxyl groups excluding tert-OH is 1. The zero-order chi connectivity index (χ0) is 39.4. The van der Waals surface area contributed by atoms with Crippen molar-refractivity contribution >= 4 is 17.7 Å². The first-order chi connectivity index (χ1) is 26.7. The highest BCUT2D eigenvalue weighted by Crippen LogP contribution is 2.30. The van der Waals surface area contributed by atoms with Crippen LogP contribution in [-0.4, -0.2) is 129 Å². The van der Waals surface area contributed by atoms with Gasteiger partial charge in [-0.1, -0.05) is 96.0 Å². The molecule has 3 amide bonds. The Kier molecular flexibility index (Phi) is 20.4. The van der Waals surface area contributed by atoms with E-state index in [9.17, 15) is 19.5 Å². The van der Waals surface area contributed by atoms with Crippen molar-refractivity contribution in [2.45, 2.75) is 135 Å². The van der Waals surface area contributed by atoms with Gasteiger partial charge in [0, 0.05) is 58.7 Å². The average molecular weight is 773 g/mol. The quantitative estimate of drug-likeness (QED) is 0.135. The highest BCUT2D eigenvalue weighted by atomic mass is 16.7. The van der Waals surface area contributed by atoms with Gasteiger partial charge in [-0.3, -0.25) is 19.3 Å². The molecule has 55 heavy (non-hydrogen) atoms. The fourth-order valence-electron chi connectivity index (χ4n) is 8.25. The van der Waals surface area contributed by atoms with E-state index in [1.165, 1.54) is 6.42 Å². The van der Waals surface area contributed by atoms with Gasteiger partial charge in [0.15, 0.2) is 0 Å². The van der Waals surface area contributed by atoms with Crippen LogP contribution in [0.25, 0.3) is 0 Å². The van der Waals surface area contributed by atoms with Crippen LogP contribution in [0.4, 0.5) is 0 Å². The smallest absolute Gasteiger partial charge is 0.252 e. The van der Waals surface area contributed by atoms with Crippen molar-refractivity contribution in [2.24, 2.45) is 17.8 Å². The number of rotatable bonds is 23. The van der Waals surface area contributed by atoms with Gasteiger partial charge in [-0.15, -0.1) is 0 Å². The summed E-state index contributed by atoms with van der Waals surface area (Å²) in [5, 5.41) is 18.3. The molecule has 4 rings (SSSR count). The maximum Gasteiger partial charge on any atom is 0.252 e. The Morgan fingerprint density at radius 3 is 2.31 bits per heavy atom. The van der Waals surface area contributed by atoms with Crippen molar-refractivity contribution in [1.29, 1.82) is 0 Å². The van der Waals surface area contributed by atoms with E-state index in [-0.39, 0.29) is 43.0 Å². The number of nitrogens with one attached hydrogen (secondary N) is 2. The number of methoxy groups -OCH3 is 1. The van der Waals surface area contributed by atoms with Crippen LogP contribution in [0.5, 0.6) is 0 Å². The van der Waals surface area contributed by atoms with E-state index in [2.05, 4.69) is 22.5 Å². The lowest BCUT2D eigenvalue weighted by molar-refractivity contribution is -0.157. The lowest BCUT2D eigenvalue weighted by atomic mass is 9.81. The number of hydrogen-bond donors (Lipinski definition) is 3. The molecule has 1 aromatic rings. The molecule has 2 saturated heterocycles. The Balaban J connectivity index is 1.47. The van der Waals surface area contributed by atoms with Crippen molar-refractivity contribution in [3.8, 4) is 0 Å². The molecule has 1 aromatic carbocycles.